The maximum atomic E-state index is 11.9. The van der Waals surface area contributed by atoms with E-state index in [1.807, 2.05) is 26.0 Å². The molecule has 0 fully saturated rings. The molecule has 2 atom stereocenters. The van der Waals surface area contributed by atoms with E-state index in [0.29, 0.717) is 11.4 Å². The number of rotatable bonds is 6. The van der Waals surface area contributed by atoms with Gasteiger partial charge in [0.1, 0.15) is 0 Å². The molecular formula is C14H19BrClNO2. The average Bonchev–Trinajstić information content (AvgIpc) is 2.39. The first-order chi connectivity index (χ1) is 8.93. The van der Waals surface area contributed by atoms with Gasteiger partial charge in [-0.15, -0.1) is 0 Å². The van der Waals surface area contributed by atoms with Gasteiger partial charge in [-0.1, -0.05) is 53.5 Å². The number of aliphatic hydroxyl groups excluding tert-OH is 1. The summed E-state index contributed by atoms with van der Waals surface area (Å²) in [4.78, 5) is 11.7. The van der Waals surface area contributed by atoms with Crippen molar-refractivity contribution in [1.29, 1.82) is 0 Å². The second-order valence-electron chi connectivity index (χ2n) is 4.86. The van der Waals surface area contributed by atoms with Gasteiger partial charge in [-0.05, 0) is 30.0 Å². The van der Waals surface area contributed by atoms with Gasteiger partial charge in [0.2, 0.25) is 5.91 Å². The number of alkyl halides is 1. The summed E-state index contributed by atoms with van der Waals surface area (Å²) in [6, 6.07) is 7.10. The summed E-state index contributed by atoms with van der Waals surface area (Å²) in [5.41, 5.74) is 1.03. The van der Waals surface area contributed by atoms with Gasteiger partial charge >= 0.3 is 0 Å². The molecule has 0 saturated carbocycles. The zero-order chi connectivity index (χ0) is 14.4. The Hall–Kier alpha value is -0.580. The minimum Gasteiger partial charge on any atom is -0.394 e. The molecule has 0 spiro atoms. The van der Waals surface area contributed by atoms with Crippen molar-refractivity contribution in [3.8, 4) is 0 Å². The van der Waals surface area contributed by atoms with Gasteiger partial charge in [-0.3, -0.25) is 4.79 Å². The SMILES string of the molecule is CC(C)C(Br)C(=O)NC(CO)Cc1ccc(Cl)cc1. The van der Waals surface area contributed by atoms with Crippen molar-refractivity contribution < 1.29 is 9.90 Å². The van der Waals surface area contributed by atoms with E-state index in [1.165, 1.54) is 0 Å². The number of carbonyl (C=O) groups excluding carboxylic acids is 1. The molecule has 0 bridgehead atoms. The molecule has 1 amide bonds. The third kappa shape index (κ3) is 5.51. The van der Waals surface area contributed by atoms with Gasteiger partial charge in [0.05, 0.1) is 17.5 Å². The van der Waals surface area contributed by atoms with E-state index in [1.54, 1.807) is 12.1 Å². The highest BCUT2D eigenvalue weighted by Crippen LogP contribution is 2.14. The Balaban J connectivity index is 2.59. The quantitative estimate of drug-likeness (QED) is 0.777. The lowest BCUT2D eigenvalue weighted by Gasteiger charge is -2.20. The van der Waals surface area contributed by atoms with Gasteiger partial charge in [-0.25, -0.2) is 0 Å². The van der Waals surface area contributed by atoms with E-state index < -0.39 is 0 Å². The molecule has 0 heterocycles. The van der Waals surface area contributed by atoms with Crippen LogP contribution in [0.2, 0.25) is 5.02 Å². The van der Waals surface area contributed by atoms with E-state index >= 15 is 0 Å². The molecule has 3 nitrogen and oxygen atoms in total. The van der Waals surface area contributed by atoms with Gasteiger partial charge in [-0.2, -0.15) is 0 Å². The minimum absolute atomic E-state index is 0.0911. The van der Waals surface area contributed by atoms with E-state index in [2.05, 4.69) is 21.2 Å². The standard InChI is InChI=1S/C14H19BrClNO2/c1-9(2)13(15)14(19)17-12(8-18)7-10-3-5-11(16)6-4-10/h3-6,9,12-13,18H,7-8H2,1-2H3,(H,17,19). The first-order valence-corrected chi connectivity index (χ1v) is 7.53. The number of nitrogens with one attached hydrogen (secondary N) is 1. The molecule has 2 unspecified atom stereocenters. The van der Waals surface area contributed by atoms with Crippen LogP contribution in [0.3, 0.4) is 0 Å². The number of hydrogen-bond donors (Lipinski definition) is 2. The predicted molar refractivity (Wildman–Crippen MR) is 81.7 cm³/mol. The number of hydrogen-bond acceptors (Lipinski definition) is 2. The lowest BCUT2D eigenvalue weighted by molar-refractivity contribution is -0.122. The highest BCUT2D eigenvalue weighted by Gasteiger charge is 2.21. The van der Waals surface area contributed by atoms with E-state index in [4.69, 9.17) is 11.6 Å². The molecule has 0 aromatic heterocycles. The highest BCUT2D eigenvalue weighted by atomic mass is 79.9. The summed E-state index contributed by atoms with van der Waals surface area (Å²) >= 11 is 9.17. The van der Waals surface area contributed by atoms with Gasteiger partial charge in [0.25, 0.3) is 0 Å². The zero-order valence-corrected chi connectivity index (χ0v) is 13.4. The lowest BCUT2D eigenvalue weighted by atomic mass is 10.1. The largest absolute Gasteiger partial charge is 0.394 e. The van der Waals surface area contributed by atoms with Crippen molar-refractivity contribution in [3.63, 3.8) is 0 Å². The molecule has 1 aromatic carbocycles. The maximum Gasteiger partial charge on any atom is 0.234 e. The first-order valence-electron chi connectivity index (χ1n) is 6.23. The van der Waals surface area contributed by atoms with Crippen molar-refractivity contribution in [2.75, 3.05) is 6.61 Å². The van der Waals surface area contributed by atoms with E-state index in [0.717, 1.165) is 5.56 Å². The first kappa shape index (κ1) is 16.5. The molecule has 2 N–H and O–H groups in total. The van der Waals surface area contributed by atoms with Crippen LogP contribution in [-0.2, 0) is 11.2 Å². The van der Waals surface area contributed by atoms with Crippen LogP contribution in [0.4, 0.5) is 0 Å². The van der Waals surface area contributed by atoms with Crippen LogP contribution in [0, 0.1) is 5.92 Å². The number of aliphatic hydroxyl groups is 1. The Morgan fingerprint density at radius 1 is 1.37 bits per heavy atom. The van der Waals surface area contributed by atoms with Crippen molar-refractivity contribution in [1.82, 2.24) is 5.32 Å². The van der Waals surface area contributed by atoms with Crippen LogP contribution < -0.4 is 5.32 Å². The van der Waals surface area contributed by atoms with Crippen molar-refractivity contribution in [2.45, 2.75) is 31.1 Å². The van der Waals surface area contributed by atoms with Crippen molar-refractivity contribution >= 4 is 33.4 Å². The third-order valence-electron chi connectivity index (χ3n) is 2.80. The van der Waals surface area contributed by atoms with Crippen LogP contribution in [0.25, 0.3) is 0 Å². The third-order valence-corrected chi connectivity index (χ3v) is 4.52. The smallest absolute Gasteiger partial charge is 0.234 e. The highest BCUT2D eigenvalue weighted by molar-refractivity contribution is 9.10. The summed E-state index contributed by atoms with van der Waals surface area (Å²) in [5, 5.41) is 12.9. The molecule has 1 rings (SSSR count). The fourth-order valence-corrected chi connectivity index (χ4v) is 1.91. The van der Waals surface area contributed by atoms with Crippen molar-refractivity contribution in [3.05, 3.63) is 34.9 Å². The summed E-state index contributed by atoms with van der Waals surface area (Å²) in [6.07, 6.45) is 0.581. The molecule has 106 valence electrons. The average molecular weight is 349 g/mol. The zero-order valence-electron chi connectivity index (χ0n) is 11.1. The Kier molecular flexibility index (Phi) is 6.83. The number of carbonyl (C=O) groups is 1. The lowest BCUT2D eigenvalue weighted by Crippen LogP contribution is -2.44. The predicted octanol–water partition coefficient (Wildman–Crippen LogP) is 2.78. The topological polar surface area (TPSA) is 49.3 Å². The molecule has 19 heavy (non-hydrogen) atoms. The van der Waals surface area contributed by atoms with Crippen LogP contribution >= 0.6 is 27.5 Å². The summed E-state index contributed by atoms with van der Waals surface area (Å²) in [5.74, 6) is 0.109. The maximum absolute atomic E-state index is 11.9. The molecule has 1 aromatic rings. The van der Waals surface area contributed by atoms with Gasteiger partial charge in [0.15, 0.2) is 0 Å². The number of amides is 1. The Morgan fingerprint density at radius 3 is 2.42 bits per heavy atom. The number of benzene rings is 1. The molecule has 0 saturated heterocycles. The monoisotopic (exact) mass is 347 g/mol. The normalized spacial score (nSPS) is 14.2. The second kappa shape index (κ2) is 7.88. The number of halogens is 2. The molecule has 0 aliphatic rings. The van der Waals surface area contributed by atoms with E-state index in [9.17, 15) is 9.90 Å². The van der Waals surface area contributed by atoms with Gasteiger partial charge in [0, 0.05) is 5.02 Å². The molecule has 0 radical (unpaired) electrons. The van der Waals surface area contributed by atoms with Crippen LogP contribution in [0.5, 0.6) is 0 Å². The van der Waals surface area contributed by atoms with Crippen molar-refractivity contribution in [2.24, 2.45) is 5.92 Å². The second-order valence-corrected chi connectivity index (χ2v) is 6.29. The molecule has 0 aliphatic heterocycles. The Morgan fingerprint density at radius 2 is 1.95 bits per heavy atom. The summed E-state index contributed by atoms with van der Waals surface area (Å²) < 4.78 is 0. The molecule has 5 heteroatoms. The Labute approximate surface area is 127 Å². The summed E-state index contributed by atoms with van der Waals surface area (Å²) in [7, 11) is 0. The summed E-state index contributed by atoms with van der Waals surface area (Å²) in [6.45, 7) is 3.84. The fourth-order valence-electron chi connectivity index (χ4n) is 1.65. The Bertz CT molecular complexity index is 408. The van der Waals surface area contributed by atoms with Gasteiger partial charge < -0.3 is 10.4 Å². The van der Waals surface area contributed by atoms with Crippen LogP contribution in [-0.4, -0.2) is 28.5 Å². The molecule has 0 aliphatic carbocycles. The van der Waals surface area contributed by atoms with E-state index in [-0.39, 0.29) is 29.3 Å². The minimum atomic E-state index is -0.285. The fraction of sp³-hybridized carbons (Fsp3) is 0.500. The van der Waals surface area contributed by atoms with Crippen LogP contribution in [0.15, 0.2) is 24.3 Å². The van der Waals surface area contributed by atoms with Crippen LogP contribution in [0.1, 0.15) is 19.4 Å². The molecular weight excluding hydrogens is 330 g/mol.